The minimum Gasteiger partial charge on any atom is -0.392 e. The van der Waals surface area contributed by atoms with E-state index in [1.807, 2.05) is 0 Å². The fraction of sp³-hybridized carbons (Fsp3) is 1.00. The van der Waals surface area contributed by atoms with Crippen molar-refractivity contribution in [3.63, 3.8) is 0 Å². The Kier molecular flexibility index (Phi) is 4.70. The van der Waals surface area contributed by atoms with E-state index in [1.54, 1.807) is 0 Å². The highest BCUT2D eigenvalue weighted by Gasteiger charge is 2.21. The SMILES string of the molecule is CN(C)CCNC1CCCCC1O. The largest absolute Gasteiger partial charge is 0.392 e. The number of hydrogen-bond acceptors (Lipinski definition) is 3. The fourth-order valence-electron chi connectivity index (χ4n) is 1.82. The fourth-order valence-corrected chi connectivity index (χ4v) is 1.82. The summed E-state index contributed by atoms with van der Waals surface area (Å²) in [6.45, 7) is 2.03. The topological polar surface area (TPSA) is 35.5 Å². The predicted octanol–water partition coefficient (Wildman–Crippen LogP) is 0.441. The molecule has 1 rings (SSSR count). The maximum Gasteiger partial charge on any atom is 0.0693 e. The van der Waals surface area contributed by atoms with Gasteiger partial charge in [-0.25, -0.2) is 0 Å². The molecule has 0 aromatic carbocycles. The number of hydrogen-bond donors (Lipinski definition) is 2. The molecular formula is C10H22N2O. The Morgan fingerprint density at radius 2 is 2.00 bits per heavy atom. The first-order valence-corrected chi connectivity index (χ1v) is 5.26. The number of aliphatic hydroxyl groups is 1. The lowest BCUT2D eigenvalue weighted by atomic mass is 9.93. The van der Waals surface area contributed by atoms with Crippen molar-refractivity contribution in [3.05, 3.63) is 0 Å². The second kappa shape index (κ2) is 5.58. The molecular weight excluding hydrogens is 164 g/mol. The zero-order valence-electron chi connectivity index (χ0n) is 8.79. The van der Waals surface area contributed by atoms with Crippen molar-refractivity contribution in [2.24, 2.45) is 0 Å². The van der Waals surface area contributed by atoms with Gasteiger partial charge in [0.15, 0.2) is 0 Å². The molecule has 0 aromatic rings. The molecule has 0 bridgehead atoms. The first-order chi connectivity index (χ1) is 6.20. The van der Waals surface area contributed by atoms with E-state index in [0.717, 1.165) is 25.9 Å². The van der Waals surface area contributed by atoms with Crippen molar-refractivity contribution in [2.75, 3.05) is 27.2 Å². The van der Waals surface area contributed by atoms with Crippen molar-refractivity contribution in [1.29, 1.82) is 0 Å². The first kappa shape index (κ1) is 11.0. The van der Waals surface area contributed by atoms with Crippen LogP contribution in [0.1, 0.15) is 25.7 Å². The van der Waals surface area contributed by atoms with Crippen molar-refractivity contribution in [2.45, 2.75) is 37.8 Å². The zero-order chi connectivity index (χ0) is 9.68. The lowest BCUT2D eigenvalue weighted by Crippen LogP contribution is -2.44. The van der Waals surface area contributed by atoms with E-state index in [9.17, 15) is 5.11 Å². The summed E-state index contributed by atoms with van der Waals surface area (Å²) in [6, 6.07) is 0.341. The van der Waals surface area contributed by atoms with E-state index in [-0.39, 0.29) is 6.10 Å². The van der Waals surface area contributed by atoms with Gasteiger partial charge in [-0.1, -0.05) is 12.8 Å². The molecule has 1 aliphatic rings. The third-order valence-electron chi connectivity index (χ3n) is 2.70. The number of likely N-dealkylation sites (N-methyl/N-ethyl adjacent to an activating group) is 1. The average molecular weight is 186 g/mol. The van der Waals surface area contributed by atoms with Crippen LogP contribution < -0.4 is 5.32 Å². The van der Waals surface area contributed by atoms with E-state index >= 15 is 0 Å². The molecule has 2 unspecified atom stereocenters. The summed E-state index contributed by atoms with van der Waals surface area (Å²) in [4.78, 5) is 2.15. The van der Waals surface area contributed by atoms with E-state index in [1.165, 1.54) is 12.8 Å². The molecule has 3 heteroatoms. The molecule has 0 radical (unpaired) electrons. The van der Waals surface area contributed by atoms with Gasteiger partial charge in [-0.05, 0) is 26.9 Å². The summed E-state index contributed by atoms with van der Waals surface area (Å²) in [5, 5.41) is 13.1. The van der Waals surface area contributed by atoms with Crippen LogP contribution in [0, 0.1) is 0 Å². The highest BCUT2D eigenvalue weighted by molar-refractivity contribution is 4.80. The van der Waals surface area contributed by atoms with E-state index in [4.69, 9.17) is 0 Å². The quantitative estimate of drug-likeness (QED) is 0.669. The first-order valence-electron chi connectivity index (χ1n) is 5.26. The van der Waals surface area contributed by atoms with Gasteiger partial charge < -0.3 is 15.3 Å². The van der Waals surface area contributed by atoms with Gasteiger partial charge in [-0.2, -0.15) is 0 Å². The minimum atomic E-state index is -0.115. The number of nitrogens with zero attached hydrogens (tertiary/aromatic N) is 1. The Balaban J connectivity index is 2.11. The van der Waals surface area contributed by atoms with Crippen LogP contribution >= 0.6 is 0 Å². The van der Waals surface area contributed by atoms with Crippen LogP contribution in [0.15, 0.2) is 0 Å². The lowest BCUT2D eigenvalue weighted by molar-refractivity contribution is 0.0902. The standard InChI is InChI=1S/C10H22N2O/c1-12(2)8-7-11-9-5-3-4-6-10(9)13/h9-11,13H,3-8H2,1-2H3. The molecule has 3 nitrogen and oxygen atoms in total. The van der Waals surface area contributed by atoms with Gasteiger partial charge in [0.25, 0.3) is 0 Å². The van der Waals surface area contributed by atoms with Crippen LogP contribution in [0.2, 0.25) is 0 Å². The van der Waals surface area contributed by atoms with Gasteiger partial charge in [-0.3, -0.25) is 0 Å². The summed E-state index contributed by atoms with van der Waals surface area (Å²) in [7, 11) is 4.14. The molecule has 2 atom stereocenters. The Morgan fingerprint density at radius 3 is 2.62 bits per heavy atom. The molecule has 0 amide bonds. The minimum absolute atomic E-state index is 0.115. The molecule has 0 saturated heterocycles. The van der Waals surface area contributed by atoms with Crippen molar-refractivity contribution >= 4 is 0 Å². The smallest absolute Gasteiger partial charge is 0.0693 e. The average Bonchev–Trinajstić information content (AvgIpc) is 2.08. The van der Waals surface area contributed by atoms with Gasteiger partial charge >= 0.3 is 0 Å². The molecule has 1 aliphatic carbocycles. The number of nitrogens with one attached hydrogen (secondary N) is 1. The molecule has 13 heavy (non-hydrogen) atoms. The third kappa shape index (κ3) is 4.07. The molecule has 78 valence electrons. The van der Waals surface area contributed by atoms with Crippen LogP contribution in [0.3, 0.4) is 0 Å². The predicted molar refractivity (Wildman–Crippen MR) is 54.8 cm³/mol. The maximum absolute atomic E-state index is 9.66. The highest BCUT2D eigenvalue weighted by Crippen LogP contribution is 2.17. The van der Waals surface area contributed by atoms with E-state index in [2.05, 4.69) is 24.3 Å². The van der Waals surface area contributed by atoms with Gasteiger partial charge in [0.05, 0.1) is 6.10 Å². The molecule has 0 aliphatic heterocycles. The summed E-state index contributed by atoms with van der Waals surface area (Å²) in [6.07, 6.45) is 4.44. The highest BCUT2D eigenvalue weighted by atomic mass is 16.3. The van der Waals surface area contributed by atoms with Crippen molar-refractivity contribution < 1.29 is 5.11 Å². The zero-order valence-corrected chi connectivity index (χ0v) is 8.79. The van der Waals surface area contributed by atoms with E-state index in [0.29, 0.717) is 6.04 Å². The van der Waals surface area contributed by atoms with Crippen molar-refractivity contribution in [3.8, 4) is 0 Å². The molecule has 1 saturated carbocycles. The van der Waals surface area contributed by atoms with Crippen LogP contribution in [0.25, 0.3) is 0 Å². The van der Waals surface area contributed by atoms with Crippen molar-refractivity contribution in [1.82, 2.24) is 10.2 Å². The Labute approximate surface area is 81.1 Å². The Bertz CT molecular complexity index is 139. The molecule has 0 heterocycles. The number of rotatable bonds is 4. The lowest BCUT2D eigenvalue weighted by Gasteiger charge is -2.28. The summed E-state index contributed by atoms with van der Waals surface area (Å²) in [5.74, 6) is 0. The Morgan fingerprint density at radius 1 is 1.31 bits per heavy atom. The van der Waals surface area contributed by atoms with Crippen LogP contribution in [0.5, 0.6) is 0 Å². The van der Waals surface area contributed by atoms with Gasteiger partial charge in [0.1, 0.15) is 0 Å². The third-order valence-corrected chi connectivity index (χ3v) is 2.70. The molecule has 2 N–H and O–H groups in total. The molecule has 0 aromatic heterocycles. The van der Waals surface area contributed by atoms with Crippen LogP contribution in [0.4, 0.5) is 0 Å². The van der Waals surface area contributed by atoms with Gasteiger partial charge in [-0.15, -0.1) is 0 Å². The molecule has 1 fully saturated rings. The summed E-state index contributed by atoms with van der Waals surface area (Å²) in [5.41, 5.74) is 0. The second-order valence-corrected chi connectivity index (χ2v) is 4.22. The monoisotopic (exact) mass is 186 g/mol. The summed E-state index contributed by atoms with van der Waals surface area (Å²) < 4.78 is 0. The molecule has 0 spiro atoms. The van der Waals surface area contributed by atoms with Crippen LogP contribution in [-0.2, 0) is 0 Å². The van der Waals surface area contributed by atoms with Gasteiger partial charge in [0.2, 0.25) is 0 Å². The Hall–Kier alpha value is -0.120. The maximum atomic E-state index is 9.66. The van der Waals surface area contributed by atoms with Gasteiger partial charge in [0, 0.05) is 19.1 Å². The second-order valence-electron chi connectivity index (χ2n) is 4.22. The van der Waals surface area contributed by atoms with E-state index < -0.39 is 0 Å². The summed E-state index contributed by atoms with van der Waals surface area (Å²) >= 11 is 0. The normalized spacial score (nSPS) is 29.5. The number of aliphatic hydroxyl groups excluding tert-OH is 1. The van der Waals surface area contributed by atoms with Crippen LogP contribution in [-0.4, -0.2) is 49.3 Å².